The second-order valence-corrected chi connectivity index (χ2v) is 19.2. The number of aliphatic hydroxyl groups excluding tert-OH is 1. The quantitative estimate of drug-likeness (QED) is 0.0597. The molecule has 2 fully saturated rings. The first kappa shape index (κ1) is 47.7. The Morgan fingerprint density at radius 1 is 0.937 bits per heavy atom. The number of unbranched alkanes of at least 4 members (excludes halogenated alkanes) is 5. The minimum Gasteiger partial charge on any atom is -0.490 e. The average molecular weight is 922 g/mol. The minimum atomic E-state index is -0.874. The van der Waals surface area contributed by atoms with E-state index in [1.54, 1.807) is 29.5 Å². The highest BCUT2D eigenvalue weighted by molar-refractivity contribution is 7.13. The number of carbonyl (C=O) groups excluding carboxylic acids is 4. The maximum atomic E-state index is 14.0. The zero-order valence-corrected chi connectivity index (χ0v) is 38.7. The molecule has 4 aromatic rings. The monoisotopic (exact) mass is 920 g/mol. The van der Waals surface area contributed by atoms with Gasteiger partial charge in [0.05, 0.1) is 51.1 Å². The number of thiazole rings is 1. The molecule has 0 unspecified atom stereocenters. The van der Waals surface area contributed by atoms with Crippen LogP contribution in [-0.4, -0.2) is 81.5 Å². The highest BCUT2D eigenvalue weighted by atomic mass is 35.5. The summed E-state index contributed by atoms with van der Waals surface area (Å²) in [4.78, 5) is 64.5. The van der Waals surface area contributed by atoms with Crippen LogP contribution in [-0.2, 0) is 20.9 Å². The number of pyridine rings is 1. The van der Waals surface area contributed by atoms with E-state index in [1.807, 2.05) is 57.5 Å². The van der Waals surface area contributed by atoms with Gasteiger partial charge in [-0.05, 0) is 73.3 Å². The highest BCUT2D eigenvalue weighted by Crippen LogP contribution is 2.35. The highest BCUT2D eigenvalue weighted by Gasteiger charge is 2.44. The third kappa shape index (κ3) is 13.6. The summed E-state index contributed by atoms with van der Waals surface area (Å²) < 4.78 is 12.2. The van der Waals surface area contributed by atoms with Crippen molar-refractivity contribution >= 4 is 63.9 Å². The molecular formula is C47H58Cl2N6O7S. The summed E-state index contributed by atoms with van der Waals surface area (Å²) >= 11 is 14.0. The van der Waals surface area contributed by atoms with Gasteiger partial charge in [-0.2, -0.15) is 0 Å². The van der Waals surface area contributed by atoms with E-state index in [0.29, 0.717) is 42.6 Å². The number of likely N-dealkylation sites (tertiary alicyclic amines) is 1. The fourth-order valence-corrected chi connectivity index (χ4v) is 8.65. The average Bonchev–Trinajstić information content (AvgIpc) is 3.85. The van der Waals surface area contributed by atoms with E-state index < -0.39 is 29.5 Å². The van der Waals surface area contributed by atoms with E-state index >= 15 is 0 Å². The van der Waals surface area contributed by atoms with Gasteiger partial charge >= 0.3 is 0 Å². The van der Waals surface area contributed by atoms with E-state index in [4.69, 9.17) is 32.7 Å². The van der Waals surface area contributed by atoms with Gasteiger partial charge in [0.1, 0.15) is 12.1 Å². The molecule has 16 heteroatoms. The Balaban J connectivity index is 0.914. The lowest BCUT2D eigenvalue weighted by Crippen LogP contribution is -2.57. The number of carbonyl (C=O) groups is 4. The Hall–Kier alpha value is -4.76. The molecule has 338 valence electrons. The number of aliphatic hydroxyl groups is 1. The number of ether oxygens (including phenoxy) is 2. The van der Waals surface area contributed by atoms with Gasteiger partial charge in [-0.15, -0.1) is 11.3 Å². The van der Waals surface area contributed by atoms with Crippen molar-refractivity contribution in [1.29, 1.82) is 0 Å². The number of rotatable bonds is 21. The molecule has 1 saturated carbocycles. The van der Waals surface area contributed by atoms with Crippen LogP contribution in [0.3, 0.4) is 0 Å². The molecule has 1 aliphatic carbocycles. The van der Waals surface area contributed by atoms with Crippen molar-refractivity contribution in [2.24, 2.45) is 11.3 Å². The Kier molecular flexibility index (Phi) is 16.8. The van der Waals surface area contributed by atoms with Crippen LogP contribution >= 0.6 is 34.5 Å². The topological polar surface area (TPSA) is 172 Å². The standard InChI is InChI=1S/C47H58Cl2N6O7S/c1-29-42(63-28-52-29)32-16-14-30(15-17-32)23-51-45(59)37-22-34(56)26-55(37)46(60)43(47(2,3)4)53-40(57)11-9-7-5-6-8-10-20-61-39-21-33(18-19-38(39)62-27-31-12-13-31)44(58)54-41-35(48)24-50-25-36(41)49/h14-19,21,24-25,28,31,34,37,43,56H,5-13,20,22-23,26-27H2,1-4H3,(H,51,59)(H,53,57)(H,50,54,58)/t34-,37+,43-/m1/s1. The van der Waals surface area contributed by atoms with Crippen molar-refractivity contribution < 1.29 is 33.8 Å². The Morgan fingerprint density at radius 3 is 2.30 bits per heavy atom. The molecule has 3 heterocycles. The van der Waals surface area contributed by atoms with E-state index in [1.165, 1.54) is 17.3 Å². The second-order valence-electron chi connectivity index (χ2n) is 17.5. The lowest BCUT2D eigenvalue weighted by atomic mass is 9.85. The molecule has 63 heavy (non-hydrogen) atoms. The first-order chi connectivity index (χ1) is 30.2. The van der Waals surface area contributed by atoms with Crippen molar-refractivity contribution in [3.8, 4) is 21.9 Å². The van der Waals surface area contributed by atoms with Crippen LogP contribution in [0.2, 0.25) is 10.0 Å². The number of halogens is 2. The van der Waals surface area contributed by atoms with Gasteiger partial charge in [0.25, 0.3) is 5.91 Å². The third-order valence-corrected chi connectivity index (χ3v) is 12.8. The molecule has 6 rings (SSSR count). The van der Waals surface area contributed by atoms with Crippen molar-refractivity contribution in [3.63, 3.8) is 0 Å². The van der Waals surface area contributed by atoms with Gasteiger partial charge in [-0.3, -0.25) is 24.2 Å². The number of aryl methyl sites for hydroxylation is 1. The third-order valence-electron chi connectivity index (χ3n) is 11.2. The molecule has 1 aliphatic heterocycles. The van der Waals surface area contributed by atoms with Crippen LogP contribution in [0.1, 0.15) is 107 Å². The lowest BCUT2D eigenvalue weighted by molar-refractivity contribution is -0.144. The maximum absolute atomic E-state index is 14.0. The van der Waals surface area contributed by atoms with E-state index in [2.05, 4.69) is 25.9 Å². The number of hydrogen-bond donors (Lipinski definition) is 4. The predicted molar refractivity (Wildman–Crippen MR) is 246 cm³/mol. The maximum Gasteiger partial charge on any atom is 0.255 e. The summed E-state index contributed by atoms with van der Waals surface area (Å²) in [6.45, 7) is 8.94. The van der Waals surface area contributed by atoms with E-state index in [0.717, 1.165) is 66.6 Å². The normalized spacial score (nSPS) is 16.7. The number of amides is 4. The van der Waals surface area contributed by atoms with Crippen molar-refractivity contribution in [3.05, 3.63) is 87.2 Å². The van der Waals surface area contributed by atoms with Gasteiger partial charge in [-0.25, -0.2) is 4.98 Å². The van der Waals surface area contributed by atoms with Gasteiger partial charge in [0, 0.05) is 43.9 Å². The fraction of sp³-hybridized carbons (Fsp3) is 0.489. The first-order valence-corrected chi connectivity index (χ1v) is 23.4. The molecule has 3 atom stereocenters. The largest absolute Gasteiger partial charge is 0.490 e. The SMILES string of the molecule is Cc1ncsc1-c1ccc(CNC(=O)[C@@H]2C[C@@H](O)CN2C(=O)[C@@H](NC(=O)CCCCCCCCOc2cc(C(=O)Nc3c(Cl)cncc3Cl)ccc2OCC2CC2)C(C)(C)C)cc1. The lowest BCUT2D eigenvalue weighted by Gasteiger charge is -2.35. The van der Waals surface area contributed by atoms with Crippen LogP contribution in [0.5, 0.6) is 11.5 Å². The second kappa shape index (κ2) is 22.2. The fourth-order valence-electron chi connectivity index (χ4n) is 7.38. The molecule has 4 amide bonds. The number of benzene rings is 2. The van der Waals surface area contributed by atoms with Gasteiger partial charge in [-0.1, -0.05) is 93.9 Å². The molecule has 0 radical (unpaired) electrons. The summed E-state index contributed by atoms with van der Waals surface area (Å²) in [5, 5.41) is 19.7. The number of aromatic nitrogens is 2. The van der Waals surface area contributed by atoms with Gasteiger partial charge < -0.3 is 35.4 Å². The van der Waals surface area contributed by atoms with E-state index in [9.17, 15) is 24.3 Å². The molecular weight excluding hydrogens is 864 g/mol. The summed E-state index contributed by atoms with van der Waals surface area (Å²) in [5.74, 6) is 0.286. The zero-order chi connectivity index (χ0) is 45.1. The molecule has 1 saturated heterocycles. The Bertz CT molecular complexity index is 2190. The first-order valence-electron chi connectivity index (χ1n) is 21.7. The summed E-state index contributed by atoms with van der Waals surface area (Å²) in [6, 6.07) is 11.3. The molecule has 2 aromatic heterocycles. The molecule has 2 aliphatic rings. The van der Waals surface area contributed by atoms with Crippen LogP contribution in [0, 0.1) is 18.3 Å². The van der Waals surface area contributed by atoms with E-state index in [-0.39, 0.29) is 59.4 Å². The smallest absolute Gasteiger partial charge is 0.255 e. The van der Waals surface area contributed by atoms with Crippen molar-refractivity contribution in [1.82, 2.24) is 25.5 Å². The van der Waals surface area contributed by atoms with Gasteiger partial charge in [0.15, 0.2) is 11.5 Å². The van der Waals surface area contributed by atoms with Crippen molar-refractivity contribution in [2.45, 2.75) is 117 Å². The number of anilines is 1. The molecule has 2 aromatic carbocycles. The predicted octanol–water partition coefficient (Wildman–Crippen LogP) is 8.78. The van der Waals surface area contributed by atoms with Crippen LogP contribution in [0.25, 0.3) is 10.4 Å². The number of nitrogens with one attached hydrogen (secondary N) is 3. The molecule has 0 bridgehead atoms. The minimum absolute atomic E-state index is 0.0185. The molecule has 13 nitrogen and oxygen atoms in total. The Labute approximate surface area is 383 Å². The number of nitrogens with zero attached hydrogens (tertiary/aromatic N) is 3. The Morgan fingerprint density at radius 2 is 1.63 bits per heavy atom. The number of hydrogen-bond acceptors (Lipinski definition) is 10. The van der Waals surface area contributed by atoms with Crippen LogP contribution in [0.4, 0.5) is 5.69 Å². The molecule has 0 spiro atoms. The van der Waals surface area contributed by atoms with Crippen LogP contribution < -0.4 is 25.4 Å². The van der Waals surface area contributed by atoms with Gasteiger partial charge in [0.2, 0.25) is 17.7 Å². The number of β-amino-alcohol motifs (C(OH)–C–C–N with tert-alkyl or cyclic N) is 1. The van der Waals surface area contributed by atoms with Crippen molar-refractivity contribution in [2.75, 3.05) is 25.1 Å². The molecule has 4 N–H and O–H groups in total. The summed E-state index contributed by atoms with van der Waals surface area (Å²) in [6.07, 6.45) is 9.76. The summed E-state index contributed by atoms with van der Waals surface area (Å²) in [7, 11) is 0. The van der Waals surface area contributed by atoms with Crippen LogP contribution in [0.15, 0.2) is 60.4 Å². The summed E-state index contributed by atoms with van der Waals surface area (Å²) in [5.41, 5.74) is 4.77. The zero-order valence-electron chi connectivity index (χ0n) is 36.4.